The van der Waals surface area contributed by atoms with Gasteiger partial charge in [0.25, 0.3) is 0 Å². The SMILES string of the molecule is Cc1nc(OCc2cccc(C(F)(F)F)c2)nc(C)c1NC(=O)CC(C)(C)C. The van der Waals surface area contributed by atoms with E-state index >= 15 is 0 Å². The summed E-state index contributed by atoms with van der Waals surface area (Å²) in [4.78, 5) is 20.6. The Morgan fingerprint density at radius 3 is 2.25 bits per heavy atom. The smallest absolute Gasteiger partial charge is 0.416 e. The van der Waals surface area contributed by atoms with Crippen molar-refractivity contribution in [1.82, 2.24) is 9.97 Å². The highest BCUT2D eigenvalue weighted by Crippen LogP contribution is 2.30. The van der Waals surface area contributed by atoms with Crippen LogP contribution < -0.4 is 10.1 Å². The molecule has 0 radical (unpaired) electrons. The fourth-order valence-corrected chi connectivity index (χ4v) is 2.58. The van der Waals surface area contributed by atoms with Crippen molar-refractivity contribution in [2.45, 2.75) is 53.8 Å². The van der Waals surface area contributed by atoms with Crippen LogP contribution in [0.5, 0.6) is 6.01 Å². The van der Waals surface area contributed by atoms with Crippen LogP contribution in [0.25, 0.3) is 0 Å². The average molecular weight is 395 g/mol. The first-order chi connectivity index (χ1) is 12.8. The second-order valence-electron chi connectivity index (χ2n) is 7.82. The normalized spacial score (nSPS) is 12.0. The van der Waals surface area contributed by atoms with Gasteiger partial charge in [-0.2, -0.15) is 23.1 Å². The highest BCUT2D eigenvalue weighted by Gasteiger charge is 2.30. The summed E-state index contributed by atoms with van der Waals surface area (Å²) >= 11 is 0. The molecule has 2 aromatic rings. The zero-order valence-electron chi connectivity index (χ0n) is 16.6. The topological polar surface area (TPSA) is 64.1 Å². The van der Waals surface area contributed by atoms with Crippen molar-refractivity contribution in [2.24, 2.45) is 5.41 Å². The molecule has 0 aliphatic heterocycles. The average Bonchev–Trinajstić information content (AvgIpc) is 2.54. The molecule has 1 heterocycles. The molecular weight excluding hydrogens is 371 g/mol. The summed E-state index contributed by atoms with van der Waals surface area (Å²) in [5, 5.41) is 2.82. The van der Waals surface area contributed by atoms with Gasteiger partial charge in [-0.3, -0.25) is 4.79 Å². The van der Waals surface area contributed by atoms with E-state index in [4.69, 9.17) is 4.74 Å². The van der Waals surface area contributed by atoms with E-state index in [0.29, 0.717) is 29.1 Å². The lowest BCUT2D eigenvalue weighted by Crippen LogP contribution is -2.21. The Morgan fingerprint density at radius 2 is 1.71 bits per heavy atom. The van der Waals surface area contributed by atoms with E-state index in [-0.39, 0.29) is 23.9 Å². The van der Waals surface area contributed by atoms with E-state index in [1.807, 2.05) is 20.8 Å². The van der Waals surface area contributed by atoms with Gasteiger partial charge in [-0.15, -0.1) is 0 Å². The fourth-order valence-electron chi connectivity index (χ4n) is 2.58. The van der Waals surface area contributed by atoms with Crippen LogP contribution in [0.1, 0.15) is 49.7 Å². The van der Waals surface area contributed by atoms with Gasteiger partial charge >= 0.3 is 12.2 Å². The quantitative estimate of drug-likeness (QED) is 0.768. The summed E-state index contributed by atoms with van der Waals surface area (Å²) in [6, 6.07) is 4.94. The molecule has 0 bridgehead atoms. The second kappa shape index (κ2) is 8.16. The molecule has 0 fully saturated rings. The molecule has 1 N–H and O–H groups in total. The van der Waals surface area contributed by atoms with Crippen LogP contribution in [-0.2, 0) is 17.6 Å². The summed E-state index contributed by atoms with van der Waals surface area (Å²) in [6.45, 7) is 9.21. The number of nitrogens with one attached hydrogen (secondary N) is 1. The highest BCUT2D eigenvalue weighted by atomic mass is 19.4. The third-order valence-electron chi connectivity index (χ3n) is 3.83. The standard InChI is InChI=1S/C20H24F3N3O2/c1-12-17(26-16(27)10-19(3,4)5)13(2)25-18(24-12)28-11-14-7-6-8-15(9-14)20(21,22)23/h6-9H,10-11H2,1-5H3,(H,26,27). The van der Waals surface area contributed by atoms with Gasteiger partial charge < -0.3 is 10.1 Å². The summed E-state index contributed by atoms with van der Waals surface area (Å²) in [5.74, 6) is -0.139. The molecule has 8 heteroatoms. The van der Waals surface area contributed by atoms with Crippen LogP contribution in [0.3, 0.4) is 0 Å². The van der Waals surface area contributed by atoms with E-state index in [1.165, 1.54) is 12.1 Å². The minimum atomic E-state index is -4.41. The molecule has 0 spiro atoms. The number of aromatic nitrogens is 2. The van der Waals surface area contributed by atoms with Crippen LogP contribution in [0.2, 0.25) is 0 Å². The maximum atomic E-state index is 12.8. The molecule has 0 unspecified atom stereocenters. The molecule has 1 aromatic carbocycles. The zero-order valence-corrected chi connectivity index (χ0v) is 16.6. The van der Waals surface area contributed by atoms with Crippen molar-refractivity contribution in [1.29, 1.82) is 0 Å². The lowest BCUT2D eigenvalue weighted by molar-refractivity contribution is -0.137. The minimum Gasteiger partial charge on any atom is -0.459 e. The predicted molar refractivity (Wildman–Crippen MR) is 100.0 cm³/mol. The van der Waals surface area contributed by atoms with Gasteiger partial charge in [0.15, 0.2) is 0 Å². The molecule has 0 atom stereocenters. The van der Waals surface area contributed by atoms with Crippen LogP contribution in [0.15, 0.2) is 24.3 Å². The van der Waals surface area contributed by atoms with Crippen molar-refractivity contribution in [2.75, 3.05) is 5.32 Å². The number of ether oxygens (including phenoxy) is 1. The number of aryl methyl sites for hydroxylation is 2. The van der Waals surface area contributed by atoms with Crippen molar-refractivity contribution in [3.63, 3.8) is 0 Å². The van der Waals surface area contributed by atoms with Crippen LogP contribution >= 0.6 is 0 Å². The molecule has 28 heavy (non-hydrogen) atoms. The Morgan fingerprint density at radius 1 is 1.11 bits per heavy atom. The lowest BCUT2D eigenvalue weighted by atomic mass is 9.92. The number of amides is 1. The van der Waals surface area contributed by atoms with E-state index in [1.54, 1.807) is 13.8 Å². The summed E-state index contributed by atoms with van der Waals surface area (Å²) in [5.41, 5.74) is 1.03. The maximum Gasteiger partial charge on any atom is 0.416 e. The minimum absolute atomic E-state index is 0.0428. The molecule has 1 amide bonds. The second-order valence-corrected chi connectivity index (χ2v) is 7.82. The monoisotopic (exact) mass is 395 g/mol. The number of alkyl halides is 3. The molecule has 152 valence electrons. The predicted octanol–water partition coefficient (Wildman–Crippen LogP) is 5.07. The van der Waals surface area contributed by atoms with Gasteiger partial charge in [-0.1, -0.05) is 32.9 Å². The van der Waals surface area contributed by atoms with Gasteiger partial charge in [0.1, 0.15) is 6.61 Å². The molecule has 0 saturated carbocycles. The zero-order chi connectivity index (χ0) is 21.1. The van der Waals surface area contributed by atoms with Gasteiger partial charge in [0.2, 0.25) is 5.91 Å². The Balaban J connectivity index is 2.09. The molecule has 2 rings (SSSR count). The molecule has 0 aliphatic rings. The number of hydrogen-bond donors (Lipinski definition) is 1. The Hall–Kier alpha value is -2.64. The third-order valence-corrected chi connectivity index (χ3v) is 3.83. The first-order valence-corrected chi connectivity index (χ1v) is 8.79. The Bertz CT molecular complexity index is 836. The number of anilines is 1. The van der Waals surface area contributed by atoms with Crippen LogP contribution in [0.4, 0.5) is 18.9 Å². The fraction of sp³-hybridized carbons (Fsp3) is 0.450. The summed E-state index contributed by atoms with van der Waals surface area (Å²) in [7, 11) is 0. The van der Waals surface area contributed by atoms with E-state index in [2.05, 4.69) is 15.3 Å². The Kier molecular flexibility index (Phi) is 6.31. The van der Waals surface area contributed by atoms with Crippen molar-refractivity contribution >= 4 is 11.6 Å². The number of halogens is 3. The van der Waals surface area contributed by atoms with E-state index in [9.17, 15) is 18.0 Å². The Labute approximate surface area is 162 Å². The third kappa shape index (κ3) is 6.21. The van der Waals surface area contributed by atoms with E-state index < -0.39 is 11.7 Å². The van der Waals surface area contributed by atoms with Crippen LogP contribution in [-0.4, -0.2) is 15.9 Å². The highest BCUT2D eigenvalue weighted by molar-refractivity contribution is 5.92. The number of carbonyl (C=O) groups excluding carboxylic acids is 1. The van der Waals surface area contributed by atoms with Gasteiger partial charge in [-0.05, 0) is 37.0 Å². The van der Waals surface area contributed by atoms with Gasteiger partial charge in [-0.25, -0.2) is 0 Å². The number of carbonyl (C=O) groups is 1. The van der Waals surface area contributed by atoms with Gasteiger partial charge in [0.05, 0.1) is 22.6 Å². The summed E-state index contributed by atoms with van der Waals surface area (Å²) < 4.78 is 43.8. The van der Waals surface area contributed by atoms with Crippen molar-refractivity contribution in [3.05, 3.63) is 46.8 Å². The van der Waals surface area contributed by atoms with E-state index in [0.717, 1.165) is 12.1 Å². The molecule has 1 aromatic heterocycles. The van der Waals surface area contributed by atoms with Crippen molar-refractivity contribution in [3.8, 4) is 6.01 Å². The first kappa shape index (κ1) is 21.7. The van der Waals surface area contributed by atoms with Gasteiger partial charge in [0, 0.05) is 6.42 Å². The number of rotatable bonds is 5. The number of benzene rings is 1. The number of nitrogens with zero attached hydrogens (tertiary/aromatic N) is 2. The number of hydrogen-bond acceptors (Lipinski definition) is 4. The van der Waals surface area contributed by atoms with Crippen molar-refractivity contribution < 1.29 is 22.7 Å². The summed E-state index contributed by atoms with van der Waals surface area (Å²) in [6.07, 6.45) is -4.06. The first-order valence-electron chi connectivity index (χ1n) is 8.79. The molecule has 5 nitrogen and oxygen atoms in total. The van der Waals surface area contributed by atoms with Crippen LogP contribution in [0, 0.1) is 19.3 Å². The lowest BCUT2D eigenvalue weighted by Gasteiger charge is -2.18. The molecule has 0 saturated heterocycles. The maximum absolute atomic E-state index is 12.8. The molecular formula is C20H24F3N3O2. The molecule has 0 aliphatic carbocycles. The largest absolute Gasteiger partial charge is 0.459 e.